The van der Waals surface area contributed by atoms with E-state index in [1.54, 1.807) is 0 Å². The predicted octanol–water partition coefficient (Wildman–Crippen LogP) is 0.0691. The number of ether oxygens (including phenoxy) is 1. The minimum atomic E-state index is -0.487. The lowest BCUT2D eigenvalue weighted by Crippen LogP contribution is -2.24. The van der Waals surface area contributed by atoms with E-state index in [9.17, 15) is 0 Å². The van der Waals surface area contributed by atoms with Gasteiger partial charge in [-0.15, -0.1) is 0 Å². The van der Waals surface area contributed by atoms with Crippen LogP contribution in [0.25, 0.3) is 0 Å². The fourth-order valence-electron chi connectivity index (χ4n) is 0.984. The first-order chi connectivity index (χ1) is 3.79. The van der Waals surface area contributed by atoms with Crippen molar-refractivity contribution in [2.45, 2.75) is 38.6 Å². The highest BCUT2D eigenvalue weighted by molar-refractivity contribution is 4.59. The highest BCUT2D eigenvalue weighted by Crippen LogP contribution is 2.15. The zero-order valence-electron chi connectivity index (χ0n) is 5.63. The lowest BCUT2D eigenvalue weighted by molar-refractivity contribution is -0.156. The van der Waals surface area contributed by atoms with E-state index in [2.05, 4.69) is 0 Å². The second kappa shape index (κ2) is 3.82. The van der Waals surface area contributed by atoms with Gasteiger partial charge in [0.15, 0.2) is 6.29 Å². The fourth-order valence-corrected chi connectivity index (χ4v) is 0.984. The molecule has 1 heterocycles. The van der Waals surface area contributed by atoms with Crippen molar-refractivity contribution in [2.24, 2.45) is 0 Å². The van der Waals surface area contributed by atoms with Gasteiger partial charge in [0.05, 0.1) is 6.10 Å². The molecule has 3 nitrogen and oxygen atoms in total. The maximum atomic E-state index is 8.86. The third-order valence-corrected chi connectivity index (χ3v) is 1.45. The third kappa shape index (κ3) is 2.79. The standard InChI is InChI=1S/C6H12O2.H2O/c1-5-3-2-4-6(7)8-5;/h5-7H,2-4H2,1H3;1H2/t5-,6+;/m0./s1. The largest absolute Gasteiger partial charge is 0.412 e. The topological polar surface area (TPSA) is 61.0 Å². The molecule has 1 fully saturated rings. The molecule has 9 heavy (non-hydrogen) atoms. The molecule has 3 N–H and O–H groups in total. The van der Waals surface area contributed by atoms with Crippen molar-refractivity contribution in [3.05, 3.63) is 0 Å². The summed E-state index contributed by atoms with van der Waals surface area (Å²) in [5.41, 5.74) is 0. The third-order valence-electron chi connectivity index (χ3n) is 1.45. The number of aliphatic hydroxyl groups excluding tert-OH is 1. The van der Waals surface area contributed by atoms with E-state index in [-0.39, 0.29) is 11.6 Å². The molecule has 0 saturated carbocycles. The van der Waals surface area contributed by atoms with E-state index in [1.165, 1.54) is 0 Å². The molecule has 0 radical (unpaired) electrons. The van der Waals surface area contributed by atoms with Gasteiger partial charge in [0, 0.05) is 0 Å². The molecular formula is C6H14O3. The molecule has 1 rings (SSSR count). The smallest absolute Gasteiger partial charge is 0.154 e. The number of aliphatic hydroxyl groups is 1. The van der Waals surface area contributed by atoms with Crippen LogP contribution >= 0.6 is 0 Å². The van der Waals surface area contributed by atoms with Gasteiger partial charge >= 0.3 is 0 Å². The van der Waals surface area contributed by atoms with Crippen molar-refractivity contribution in [2.75, 3.05) is 0 Å². The maximum absolute atomic E-state index is 8.86. The van der Waals surface area contributed by atoms with Crippen molar-refractivity contribution < 1.29 is 15.3 Å². The van der Waals surface area contributed by atoms with E-state index in [0.717, 1.165) is 19.3 Å². The van der Waals surface area contributed by atoms with Gasteiger partial charge in [0.25, 0.3) is 0 Å². The quantitative estimate of drug-likeness (QED) is 0.509. The summed E-state index contributed by atoms with van der Waals surface area (Å²) in [6, 6.07) is 0. The van der Waals surface area contributed by atoms with Crippen LogP contribution < -0.4 is 0 Å². The molecule has 1 aliphatic rings. The highest BCUT2D eigenvalue weighted by atomic mass is 16.6. The summed E-state index contributed by atoms with van der Waals surface area (Å²) in [6.07, 6.45) is 2.78. The Kier molecular flexibility index (Phi) is 3.77. The van der Waals surface area contributed by atoms with Crippen molar-refractivity contribution in [3.63, 3.8) is 0 Å². The average Bonchev–Trinajstić information content (AvgIpc) is 1.64. The van der Waals surface area contributed by atoms with Crippen LogP contribution in [0.5, 0.6) is 0 Å². The molecule has 0 amide bonds. The lowest BCUT2D eigenvalue weighted by Gasteiger charge is -2.23. The van der Waals surface area contributed by atoms with Crippen LogP contribution in [0.15, 0.2) is 0 Å². The molecule has 0 aromatic carbocycles. The van der Waals surface area contributed by atoms with Crippen LogP contribution in [0, 0.1) is 0 Å². The Bertz CT molecular complexity index is 66.7. The van der Waals surface area contributed by atoms with E-state index >= 15 is 0 Å². The first-order valence-electron chi connectivity index (χ1n) is 3.12. The molecule has 56 valence electrons. The summed E-state index contributed by atoms with van der Waals surface area (Å²) < 4.78 is 5.04. The predicted molar refractivity (Wildman–Crippen MR) is 34.0 cm³/mol. The van der Waals surface area contributed by atoms with Gasteiger partial charge in [-0.1, -0.05) is 0 Å². The minimum absolute atomic E-state index is 0. The van der Waals surface area contributed by atoms with Crippen LogP contribution in [-0.4, -0.2) is 23.0 Å². The lowest BCUT2D eigenvalue weighted by atomic mass is 10.1. The zero-order chi connectivity index (χ0) is 5.98. The second-order valence-corrected chi connectivity index (χ2v) is 2.33. The maximum Gasteiger partial charge on any atom is 0.154 e. The Balaban J connectivity index is 0.000000640. The second-order valence-electron chi connectivity index (χ2n) is 2.33. The average molecular weight is 134 g/mol. The van der Waals surface area contributed by atoms with Gasteiger partial charge in [-0.3, -0.25) is 0 Å². The van der Waals surface area contributed by atoms with E-state index in [4.69, 9.17) is 9.84 Å². The number of hydrogen-bond acceptors (Lipinski definition) is 2. The normalized spacial score (nSPS) is 35.3. The summed E-state index contributed by atoms with van der Waals surface area (Å²) in [7, 11) is 0. The molecule has 0 unspecified atom stereocenters. The van der Waals surface area contributed by atoms with E-state index in [0.29, 0.717) is 0 Å². The summed E-state index contributed by atoms with van der Waals surface area (Å²) in [5.74, 6) is 0. The van der Waals surface area contributed by atoms with Crippen LogP contribution in [0.1, 0.15) is 26.2 Å². The molecule has 1 aliphatic heterocycles. The van der Waals surface area contributed by atoms with Crippen molar-refractivity contribution in [1.29, 1.82) is 0 Å². The molecular weight excluding hydrogens is 120 g/mol. The van der Waals surface area contributed by atoms with Crippen molar-refractivity contribution in [1.82, 2.24) is 0 Å². The Morgan fingerprint density at radius 1 is 1.44 bits per heavy atom. The van der Waals surface area contributed by atoms with Crippen LogP contribution in [0.3, 0.4) is 0 Å². The first kappa shape index (κ1) is 8.88. The highest BCUT2D eigenvalue weighted by Gasteiger charge is 2.15. The van der Waals surface area contributed by atoms with Gasteiger partial charge in [-0.05, 0) is 26.2 Å². The van der Waals surface area contributed by atoms with E-state index in [1.807, 2.05) is 6.92 Å². The van der Waals surface area contributed by atoms with Crippen LogP contribution in [-0.2, 0) is 4.74 Å². The van der Waals surface area contributed by atoms with Gasteiger partial charge in [-0.2, -0.15) is 0 Å². The monoisotopic (exact) mass is 134 g/mol. The Hall–Kier alpha value is -0.120. The Labute approximate surface area is 54.9 Å². The zero-order valence-corrected chi connectivity index (χ0v) is 5.63. The van der Waals surface area contributed by atoms with E-state index < -0.39 is 6.29 Å². The summed E-state index contributed by atoms with van der Waals surface area (Å²) >= 11 is 0. The number of rotatable bonds is 0. The molecule has 0 aliphatic carbocycles. The molecule has 0 aromatic heterocycles. The molecule has 0 bridgehead atoms. The summed E-state index contributed by atoms with van der Waals surface area (Å²) in [5, 5.41) is 8.86. The summed E-state index contributed by atoms with van der Waals surface area (Å²) in [6.45, 7) is 1.99. The van der Waals surface area contributed by atoms with Gasteiger partial charge in [-0.25, -0.2) is 0 Å². The van der Waals surface area contributed by atoms with Crippen LogP contribution in [0.2, 0.25) is 0 Å². The molecule has 2 atom stereocenters. The van der Waals surface area contributed by atoms with Crippen molar-refractivity contribution in [3.8, 4) is 0 Å². The Morgan fingerprint density at radius 3 is 2.44 bits per heavy atom. The first-order valence-corrected chi connectivity index (χ1v) is 3.12. The number of hydrogen-bond donors (Lipinski definition) is 1. The fraction of sp³-hybridized carbons (Fsp3) is 1.00. The van der Waals surface area contributed by atoms with Crippen molar-refractivity contribution >= 4 is 0 Å². The summed E-state index contributed by atoms with van der Waals surface area (Å²) in [4.78, 5) is 0. The van der Waals surface area contributed by atoms with Crippen LogP contribution in [0.4, 0.5) is 0 Å². The van der Waals surface area contributed by atoms with Gasteiger partial charge in [0.1, 0.15) is 0 Å². The SMILES string of the molecule is C[C@H]1CCC[C@H](O)O1.O. The Morgan fingerprint density at radius 2 is 2.11 bits per heavy atom. The van der Waals surface area contributed by atoms with Gasteiger partial charge < -0.3 is 15.3 Å². The molecule has 0 spiro atoms. The molecule has 0 aromatic rings. The van der Waals surface area contributed by atoms with Gasteiger partial charge in [0.2, 0.25) is 0 Å². The minimum Gasteiger partial charge on any atom is -0.412 e. The molecule has 3 heteroatoms. The molecule has 1 saturated heterocycles.